The lowest BCUT2D eigenvalue weighted by Gasteiger charge is -2.17. The van der Waals surface area contributed by atoms with Gasteiger partial charge in [0.05, 0.1) is 0 Å². The van der Waals surface area contributed by atoms with Gasteiger partial charge < -0.3 is 11.1 Å². The second-order valence-electron chi connectivity index (χ2n) is 5.51. The molecule has 1 rings (SSSR count). The van der Waals surface area contributed by atoms with E-state index in [1.165, 1.54) is 0 Å². The van der Waals surface area contributed by atoms with E-state index in [0.29, 0.717) is 13.0 Å². The topological polar surface area (TPSA) is 55.1 Å². The van der Waals surface area contributed by atoms with Crippen molar-refractivity contribution in [2.45, 2.75) is 40.2 Å². The maximum atomic E-state index is 11.7. The second-order valence-corrected chi connectivity index (χ2v) is 5.51. The molecule has 0 saturated carbocycles. The summed E-state index contributed by atoms with van der Waals surface area (Å²) in [5.74, 6) is 0.0698. The summed E-state index contributed by atoms with van der Waals surface area (Å²) in [4.78, 5) is 11.7. The van der Waals surface area contributed by atoms with Gasteiger partial charge in [-0.3, -0.25) is 4.79 Å². The largest absolute Gasteiger partial charge is 0.326 e. The Morgan fingerprint density at radius 2 is 1.82 bits per heavy atom. The Kier molecular flexibility index (Phi) is 4.70. The number of hydrogen-bond donors (Lipinski definition) is 2. The van der Waals surface area contributed by atoms with Gasteiger partial charge in [-0.1, -0.05) is 32.9 Å². The zero-order valence-corrected chi connectivity index (χ0v) is 10.9. The van der Waals surface area contributed by atoms with Gasteiger partial charge in [-0.05, 0) is 29.5 Å². The van der Waals surface area contributed by atoms with Crippen LogP contribution in [0.4, 0.5) is 5.69 Å². The summed E-state index contributed by atoms with van der Waals surface area (Å²) in [5.41, 5.74) is 7.61. The van der Waals surface area contributed by atoms with Crippen LogP contribution in [0.1, 0.15) is 39.2 Å². The fraction of sp³-hybridized carbons (Fsp3) is 0.500. The van der Waals surface area contributed by atoms with Crippen molar-refractivity contribution in [1.29, 1.82) is 0 Å². The SMILES string of the molecule is CC(C)(C)CCC(=O)Nc1ccc(CN)cc1. The predicted molar refractivity (Wildman–Crippen MR) is 71.7 cm³/mol. The fourth-order valence-corrected chi connectivity index (χ4v) is 1.44. The van der Waals surface area contributed by atoms with Gasteiger partial charge in [0.25, 0.3) is 0 Å². The lowest BCUT2D eigenvalue weighted by Crippen LogP contribution is -2.15. The Balaban J connectivity index is 2.45. The molecule has 0 aliphatic heterocycles. The highest BCUT2D eigenvalue weighted by molar-refractivity contribution is 5.90. The fourth-order valence-electron chi connectivity index (χ4n) is 1.44. The summed E-state index contributed by atoms with van der Waals surface area (Å²) in [6.45, 7) is 6.93. The van der Waals surface area contributed by atoms with E-state index in [-0.39, 0.29) is 11.3 Å². The zero-order chi connectivity index (χ0) is 12.9. The van der Waals surface area contributed by atoms with E-state index < -0.39 is 0 Å². The molecule has 0 aliphatic carbocycles. The van der Waals surface area contributed by atoms with Gasteiger partial charge in [0.15, 0.2) is 0 Å². The molecule has 0 heterocycles. The number of rotatable bonds is 4. The van der Waals surface area contributed by atoms with Crippen molar-refractivity contribution in [3.63, 3.8) is 0 Å². The molecule has 3 nitrogen and oxygen atoms in total. The third-order valence-corrected chi connectivity index (χ3v) is 2.58. The highest BCUT2D eigenvalue weighted by Crippen LogP contribution is 2.21. The van der Waals surface area contributed by atoms with Crippen LogP contribution >= 0.6 is 0 Å². The van der Waals surface area contributed by atoms with E-state index in [4.69, 9.17) is 5.73 Å². The van der Waals surface area contributed by atoms with Crippen molar-refractivity contribution in [1.82, 2.24) is 0 Å². The molecule has 3 heteroatoms. The van der Waals surface area contributed by atoms with Crippen LogP contribution in [-0.2, 0) is 11.3 Å². The van der Waals surface area contributed by atoms with Crippen molar-refractivity contribution in [3.05, 3.63) is 29.8 Å². The highest BCUT2D eigenvalue weighted by atomic mass is 16.1. The normalized spacial score (nSPS) is 11.3. The van der Waals surface area contributed by atoms with Crippen LogP contribution in [0.15, 0.2) is 24.3 Å². The monoisotopic (exact) mass is 234 g/mol. The van der Waals surface area contributed by atoms with Crippen LogP contribution in [-0.4, -0.2) is 5.91 Å². The summed E-state index contributed by atoms with van der Waals surface area (Å²) < 4.78 is 0. The molecule has 0 aromatic heterocycles. The molecule has 0 saturated heterocycles. The molecule has 1 aromatic carbocycles. The Bertz CT molecular complexity index is 363. The molecule has 0 bridgehead atoms. The van der Waals surface area contributed by atoms with Crippen molar-refractivity contribution in [3.8, 4) is 0 Å². The molecular formula is C14H22N2O. The molecular weight excluding hydrogens is 212 g/mol. The van der Waals surface area contributed by atoms with Gasteiger partial charge in [0.1, 0.15) is 0 Å². The van der Waals surface area contributed by atoms with Gasteiger partial charge in [0.2, 0.25) is 5.91 Å². The van der Waals surface area contributed by atoms with Crippen LogP contribution in [0.25, 0.3) is 0 Å². The highest BCUT2D eigenvalue weighted by Gasteiger charge is 2.12. The van der Waals surface area contributed by atoms with Gasteiger partial charge in [0, 0.05) is 18.7 Å². The first kappa shape index (κ1) is 13.7. The van der Waals surface area contributed by atoms with E-state index in [1.807, 2.05) is 24.3 Å². The van der Waals surface area contributed by atoms with Crippen molar-refractivity contribution in [2.24, 2.45) is 11.1 Å². The lowest BCUT2D eigenvalue weighted by molar-refractivity contribution is -0.116. The van der Waals surface area contributed by atoms with E-state index in [9.17, 15) is 4.79 Å². The van der Waals surface area contributed by atoms with E-state index in [2.05, 4.69) is 26.1 Å². The standard InChI is InChI=1S/C14H22N2O/c1-14(2,3)9-8-13(17)16-12-6-4-11(10-15)5-7-12/h4-7H,8-10,15H2,1-3H3,(H,16,17). The minimum Gasteiger partial charge on any atom is -0.326 e. The van der Waals surface area contributed by atoms with Crippen LogP contribution in [0, 0.1) is 5.41 Å². The summed E-state index contributed by atoms with van der Waals surface area (Å²) in [7, 11) is 0. The third-order valence-electron chi connectivity index (χ3n) is 2.58. The molecule has 17 heavy (non-hydrogen) atoms. The smallest absolute Gasteiger partial charge is 0.224 e. The summed E-state index contributed by atoms with van der Waals surface area (Å²) in [6, 6.07) is 7.63. The van der Waals surface area contributed by atoms with Gasteiger partial charge in [-0.15, -0.1) is 0 Å². The van der Waals surface area contributed by atoms with Crippen LogP contribution in [0.3, 0.4) is 0 Å². The van der Waals surface area contributed by atoms with Gasteiger partial charge in [-0.25, -0.2) is 0 Å². The Morgan fingerprint density at radius 1 is 1.24 bits per heavy atom. The molecule has 3 N–H and O–H groups in total. The molecule has 0 radical (unpaired) electrons. The molecule has 0 fully saturated rings. The first-order valence-electron chi connectivity index (χ1n) is 5.99. The lowest BCUT2D eigenvalue weighted by atomic mass is 9.90. The number of nitrogens with two attached hydrogens (primary N) is 1. The molecule has 0 aliphatic rings. The first-order chi connectivity index (χ1) is 7.90. The first-order valence-corrected chi connectivity index (χ1v) is 5.99. The summed E-state index contributed by atoms with van der Waals surface area (Å²) >= 11 is 0. The number of nitrogens with one attached hydrogen (secondary N) is 1. The predicted octanol–water partition coefficient (Wildman–Crippen LogP) is 2.91. The van der Waals surface area contributed by atoms with Gasteiger partial charge >= 0.3 is 0 Å². The van der Waals surface area contributed by atoms with Crippen LogP contribution in [0.2, 0.25) is 0 Å². The average Bonchev–Trinajstić information content (AvgIpc) is 2.27. The maximum absolute atomic E-state index is 11.7. The van der Waals surface area contributed by atoms with Crippen molar-refractivity contribution in [2.75, 3.05) is 5.32 Å². The Morgan fingerprint density at radius 3 is 2.29 bits per heavy atom. The van der Waals surface area contributed by atoms with Crippen molar-refractivity contribution >= 4 is 11.6 Å². The Hall–Kier alpha value is -1.35. The number of hydrogen-bond acceptors (Lipinski definition) is 2. The van der Waals surface area contributed by atoms with Crippen LogP contribution in [0.5, 0.6) is 0 Å². The molecule has 0 unspecified atom stereocenters. The Labute approximate surface area is 103 Å². The van der Waals surface area contributed by atoms with E-state index >= 15 is 0 Å². The quantitative estimate of drug-likeness (QED) is 0.841. The second kappa shape index (κ2) is 5.82. The van der Waals surface area contributed by atoms with Crippen LogP contribution < -0.4 is 11.1 Å². The molecule has 0 spiro atoms. The van der Waals surface area contributed by atoms with E-state index in [0.717, 1.165) is 17.7 Å². The number of benzene rings is 1. The summed E-state index contributed by atoms with van der Waals surface area (Å²) in [6.07, 6.45) is 1.45. The molecule has 1 aromatic rings. The minimum atomic E-state index is 0.0698. The number of carbonyl (C=O) groups excluding carboxylic acids is 1. The maximum Gasteiger partial charge on any atom is 0.224 e. The molecule has 0 atom stereocenters. The molecule has 1 amide bonds. The zero-order valence-electron chi connectivity index (χ0n) is 10.9. The number of anilines is 1. The number of carbonyl (C=O) groups is 1. The third kappa shape index (κ3) is 5.50. The minimum absolute atomic E-state index is 0.0698. The van der Waals surface area contributed by atoms with E-state index in [1.54, 1.807) is 0 Å². The number of amides is 1. The van der Waals surface area contributed by atoms with Gasteiger partial charge in [-0.2, -0.15) is 0 Å². The van der Waals surface area contributed by atoms with Crippen molar-refractivity contribution < 1.29 is 4.79 Å². The average molecular weight is 234 g/mol. The molecule has 94 valence electrons. The summed E-state index contributed by atoms with van der Waals surface area (Å²) in [5, 5.41) is 2.89.